The van der Waals surface area contributed by atoms with Crippen molar-refractivity contribution in [3.63, 3.8) is 0 Å². The molecular formula is C16H23Cl2N3S. The summed E-state index contributed by atoms with van der Waals surface area (Å²) in [4.78, 5) is 4.62. The van der Waals surface area contributed by atoms with Crippen molar-refractivity contribution in [3.8, 4) is 0 Å². The van der Waals surface area contributed by atoms with Gasteiger partial charge in [-0.1, -0.05) is 42.6 Å². The fourth-order valence-corrected chi connectivity index (χ4v) is 3.30. The predicted octanol–water partition coefficient (Wildman–Crippen LogP) is 3.79. The zero-order valence-corrected chi connectivity index (χ0v) is 15.3. The number of hydrogen-bond donors (Lipinski definition) is 1. The van der Waals surface area contributed by atoms with E-state index in [1.165, 1.54) is 6.42 Å². The standard InChI is InChI=1S/C16H23Cl2N3S/c1-2-3-7-19-16(22)21-10-8-20(9-11-21)12-13-14(17)5-4-6-15(13)18/h4-6H,2-3,7-12H2,1H3,(H,19,22). The van der Waals surface area contributed by atoms with Crippen molar-refractivity contribution in [2.45, 2.75) is 26.3 Å². The highest BCUT2D eigenvalue weighted by atomic mass is 35.5. The SMILES string of the molecule is CCCCNC(=S)N1CCN(Cc2c(Cl)cccc2Cl)CC1. The van der Waals surface area contributed by atoms with Gasteiger partial charge in [0, 0.05) is 54.9 Å². The van der Waals surface area contributed by atoms with E-state index in [1.807, 2.05) is 18.2 Å². The summed E-state index contributed by atoms with van der Waals surface area (Å²) in [6.07, 6.45) is 2.34. The van der Waals surface area contributed by atoms with E-state index in [2.05, 4.69) is 22.0 Å². The summed E-state index contributed by atoms with van der Waals surface area (Å²) in [6, 6.07) is 5.67. The molecule has 0 spiro atoms. The molecule has 1 saturated heterocycles. The first kappa shape index (κ1) is 17.8. The zero-order chi connectivity index (χ0) is 15.9. The van der Waals surface area contributed by atoms with Crippen LogP contribution in [-0.4, -0.2) is 47.6 Å². The molecule has 1 N–H and O–H groups in total. The van der Waals surface area contributed by atoms with Crippen LogP contribution in [0.5, 0.6) is 0 Å². The molecule has 2 rings (SSSR count). The van der Waals surface area contributed by atoms with Crippen molar-refractivity contribution in [2.75, 3.05) is 32.7 Å². The fraction of sp³-hybridized carbons (Fsp3) is 0.562. The van der Waals surface area contributed by atoms with E-state index >= 15 is 0 Å². The van der Waals surface area contributed by atoms with Gasteiger partial charge in [0.25, 0.3) is 0 Å². The Morgan fingerprint density at radius 2 is 1.82 bits per heavy atom. The van der Waals surface area contributed by atoms with E-state index in [9.17, 15) is 0 Å². The van der Waals surface area contributed by atoms with Gasteiger partial charge < -0.3 is 10.2 Å². The Hall–Kier alpha value is -0.550. The monoisotopic (exact) mass is 359 g/mol. The van der Waals surface area contributed by atoms with E-state index in [-0.39, 0.29) is 0 Å². The Bertz CT molecular complexity index is 482. The van der Waals surface area contributed by atoms with Crippen molar-refractivity contribution in [1.82, 2.24) is 15.1 Å². The number of nitrogens with zero attached hydrogens (tertiary/aromatic N) is 2. The van der Waals surface area contributed by atoms with E-state index in [0.29, 0.717) is 0 Å². The van der Waals surface area contributed by atoms with Gasteiger partial charge in [-0.05, 0) is 30.8 Å². The maximum atomic E-state index is 6.25. The molecule has 0 amide bonds. The third kappa shape index (κ3) is 4.98. The highest BCUT2D eigenvalue weighted by Gasteiger charge is 2.20. The Morgan fingerprint density at radius 1 is 1.18 bits per heavy atom. The van der Waals surface area contributed by atoms with Gasteiger partial charge in [0.05, 0.1) is 0 Å². The molecule has 3 nitrogen and oxygen atoms in total. The lowest BCUT2D eigenvalue weighted by Gasteiger charge is -2.36. The van der Waals surface area contributed by atoms with Gasteiger partial charge in [-0.3, -0.25) is 4.90 Å². The Morgan fingerprint density at radius 3 is 2.41 bits per heavy atom. The molecular weight excluding hydrogens is 337 g/mol. The average molecular weight is 360 g/mol. The van der Waals surface area contributed by atoms with E-state index in [0.717, 1.165) is 66.4 Å². The number of unbranched alkanes of at least 4 members (excludes halogenated alkanes) is 1. The van der Waals surface area contributed by atoms with Crippen molar-refractivity contribution >= 4 is 40.5 Å². The lowest BCUT2D eigenvalue weighted by molar-refractivity contribution is 0.174. The summed E-state index contributed by atoms with van der Waals surface area (Å²) >= 11 is 17.9. The van der Waals surface area contributed by atoms with E-state index < -0.39 is 0 Å². The van der Waals surface area contributed by atoms with E-state index in [1.54, 1.807) is 0 Å². The molecule has 22 heavy (non-hydrogen) atoms. The van der Waals surface area contributed by atoms with Crippen LogP contribution in [0, 0.1) is 0 Å². The molecule has 0 aliphatic carbocycles. The van der Waals surface area contributed by atoms with Crippen LogP contribution in [0.1, 0.15) is 25.3 Å². The van der Waals surface area contributed by atoms with Gasteiger partial charge in [-0.2, -0.15) is 0 Å². The van der Waals surface area contributed by atoms with Crippen LogP contribution < -0.4 is 5.32 Å². The Labute approximate surface area is 148 Å². The molecule has 122 valence electrons. The van der Waals surface area contributed by atoms with Crippen LogP contribution in [0.15, 0.2) is 18.2 Å². The van der Waals surface area contributed by atoms with Crippen molar-refractivity contribution in [1.29, 1.82) is 0 Å². The third-order valence-corrected chi connectivity index (χ3v) is 5.02. The number of thiocarbonyl (C=S) groups is 1. The second kappa shape index (κ2) is 8.92. The predicted molar refractivity (Wildman–Crippen MR) is 98.8 cm³/mol. The number of nitrogens with one attached hydrogen (secondary N) is 1. The van der Waals surface area contributed by atoms with Crippen LogP contribution in [0.3, 0.4) is 0 Å². The van der Waals surface area contributed by atoms with Crippen molar-refractivity contribution < 1.29 is 0 Å². The lowest BCUT2D eigenvalue weighted by atomic mass is 10.2. The largest absolute Gasteiger partial charge is 0.363 e. The lowest BCUT2D eigenvalue weighted by Crippen LogP contribution is -2.51. The summed E-state index contributed by atoms with van der Waals surface area (Å²) in [5.41, 5.74) is 1.02. The van der Waals surface area contributed by atoms with Crippen molar-refractivity contribution in [3.05, 3.63) is 33.8 Å². The van der Waals surface area contributed by atoms with Crippen LogP contribution in [0.4, 0.5) is 0 Å². The summed E-state index contributed by atoms with van der Waals surface area (Å²) in [7, 11) is 0. The van der Waals surface area contributed by atoms with Gasteiger partial charge in [0.2, 0.25) is 0 Å². The number of halogens is 2. The minimum atomic E-state index is 0.742. The number of hydrogen-bond acceptors (Lipinski definition) is 2. The quantitative estimate of drug-likeness (QED) is 0.636. The van der Waals surface area contributed by atoms with E-state index in [4.69, 9.17) is 35.4 Å². The first-order valence-electron chi connectivity index (χ1n) is 7.80. The smallest absolute Gasteiger partial charge is 0.169 e. The minimum Gasteiger partial charge on any atom is -0.363 e. The second-order valence-corrected chi connectivity index (χ2v) is 6.75. The van der Waals surface area contributed by atoms with Gasteiger partial charge in [-0.25, -0.2) is 0 Å². The molecule has 1 aliphatic rings. The first-order valence-corrected chi connectivity index (χ1v) is 8.96. The summed E-state index contributed by atoms with van der Waals surface area (Å²) < 4.78 is 0. The van der Waals surface area contributed by atoms with Gasteiger partial charge in [0.15, 0.2) is 5.11 Å². The minimum absolute atomic E-state index is 0.742. The van der Waals surface area contributed by atoms with Gasteiger partial charge in [-0.15, -0.1) is 0 Å². The topological polar surface area (TPSA) is 18.5 Å². The number of rotatable bonds is 5. The summed E-state index contributed by atoms with van der Waals surface area (Å²) in [6.45, 7) is 7.77. The molecule has 6 heteroatoms. The molecule has 1 aromatic carbocycles. The molecule has 0 unspecified atom stereocenters. The molecule has 0 saturated carbocycles. The molecule has 0 atom stereocenters. The number of benzene rings is 1. The van der Waals surface area contributed by atoms with Crippen molar-refractivity contribution in [2.24, 2.45) is 0 Å². The van der Waals surface area contributed by atoms with Crippen LogP contribution in [-0.2, 0) is 6.54 Å². The average Bonchev–Trinajstić information content (AvgIpc) is 2.52. The first-order chi connectivity index (χ1) is 10.6. The number of piperazine rings is 1. The molecule has 1 heterocycles. The van der Waals surface area contributed by atoms with Gasteiger partial charge >= 0.3 is 0 Å². The van der Waals surface area contributed by atoms with Gasteiger partial charge in [0.1, 0.15) is 0 Å². The zero-order valence-electron chi connectivity index (χ0n) is 12.9. The molecule has 0 radical (unpaired) electrons. The highest BCUT2D eigenvalue weighted by molar-refractivity contribution is 7.80. The Kier molecular flexibility index (Phi) is 7.22. The maximum absolute atomic E-state index is 6.25. The maximum Gasteiger partial charge on any atom is 0.169 e. The van der Waals surface area contributed by atoms with Crippen LogP contribution in [0.25, 0.3) is 0 Å². The summed E-state index contributed by atoms with van der Waals surface area (Å²) in [5.74, 6) is 0. The normalized spacial score (nSPS) is 15.9. The fourth-order valence-electron chi connectivity index (χ4n) is 2.50. The molecule has 1 aromatic rings. The Balaban J connectivity index is 1.81. The summed E-state index contributed by atoms with van der Waals surface area (Å²) in [5, 5.41) is 5.70. The van der Waals surface area contributed by atoms with Crippen LogP contribution >= 0.6 is 35.4 Å². The third-order valence-electron chi connectivity index (χ3n) is 3.91. The van der Waals surface area contributed by atoms with Crippen LogP contribution in [0.2, 0.25) is 10.0 Å². The second-order valence-electron chi connectivity index (χ2n) is 5.55. The highest BCUT2D eigenvalue weighted by Crippen LogP contribution is 2.26. The molecule has 0 aromatic heterocycles. The molecule has 1 aliphatic heterocycles. The molecule has 1 fully saturated rings. The molecule has 0 bridgehead atoms.